The van der Waals surface area contributed by atoms with E-state index in [0.29, 0.717) is 24.3 Å². The van der Waals surface area contributed by atoms with Crippen LogP contribution in [0, 0.1) is 19.7 Å². The van der Waals surface area contributed by atoms with Gasteiger partial charge >= 0.3 is 0 Å². The molecule has 2 N–H and O–H groups in total. The standard InChI is InChI=1S/C22H21FN6O/c1-14-3-8-19(25-12-14)21-11-20(16-4-6-17(23)7-5-16)28-29(21)10-9-24-22(30)18-13-26-27-15(18)2/h3-8,11-13H,9-10H2,1-2H3,(H,24,30)(H,26,27). The average Bonchev–Trinajstić information content (AvgIpc) is 3.36. The summed E-state index contributed by atoms with van der Waals surface area (Å²) in [7, 11) is 0. The molecule has 0 spiro atoms. The molecule has 4 rings (SSSR count). The first kappa shape index (κ1) is 19.5. The first-order chi connectivity index (χ1) is 14.5. The second-order valence-corrected chi connectivity index (χ2v) is 7.03. The molecular weight excluding hydrogens is 383 g/mol. The van der Waals surface area contributed by atoms with E-state index < -0.39 is 0 Å². The lowest BCUT2D eigenvalue weighted by Gasteiger charge is -2.08. The Labute approximate surface area is 173 Å². The van der Waals surface area contributed by atoms with Crippen LogP contribution >= 0.6 is 0 Å². The van der Waals surface area contributed by atoms with Gasteiger partial charge in [-0.1, -0.05) is 6.07 Å². The minimum Gasteiger partial charge on any atom is -0.350 e. The normalized spacial score (nSPS) is 10.9. The maximum Gasteiger partial charge on any atom is 0.254 e. The van der Waals surface area contributed by atoms with E-state index in [2.05, 4.69) is 25.6 Å². The van der Waals surface area contributed by atoms with E-state index in [1.165, 1.54) is 18.3 Å². The number of aromatic amines is 1. The van der Waals surface area contributed by atoms with E-state index in [4.69, 9.17) is 0 Å². The predicted molar refractivity (Wildman–Crippen MR) is 111 cm³/mol. The molecule has 0 aliphatic rings. The zero-order chi connectivity index (χ0) is 21.1. The van der Waals surface area contributed by atoms with Crippen molar-refractivity contribution in [3.63, 3.8) is 0 Å². The highest BCUT2D eigenvalue weighted by molar-refractivity contribution is 5.94. The van der Waals surface area contributed by atoms with Crippen LogP contribution in [0.2, 0.25) is 0 Å². The zero-order valence-electron chi connectivity index (χ0n) is 16.7. The summed E-state index contributed by atoms with van der Waals surface area (Å²) in [4.78, 5) is 16.8. The highest BCUT2D eigenvalue weighted by Crippen LogP contribution is 2.25. The van der Waals surface area contributed by atoms with Crippen LogP contribution in [-0.2, 0) is 6.54 Å². The number of hydrogen-bond donors (Lipinski definition) is 2. The Morgan fingerprint density at radius 1 is 1.10 bits per heavy atom. The summed E-state index contributed by atoms with van der Waals surface area (Å²) in [6.45, 7) is 4.61. The number of rotatable bonds is 6. The Kier molecular flexibility index (Phi) is 5.38. The smallest absolute Gasteiger partial charge is 0.254 e. The Morgan fingerprint density at radius 2 is 1.90 bits per heavy atom. The molecule has 3 aromatic heterocycles. The van der Waals surface area contributed by atoms with Crippen LogP contribution in [0.5, 0.6) is 0 Å². The minimum absolute atomic E-state index is 0.192. The fourth-order valence-corrected chi connectivity index (χ4v) is 3.12. The number of carbonyl (C=O) groups excluding carboxylic acids is 1. The number of pyridine rings is 1. The maximum atomic E-state index is 13.3. The molecule has 0 radical (unpaired) electrons. The van der Waals surface area contributed by atoms with Crippen LogP contribution in [0.1, 0.15) is 21.6 Å². The second kappa shape index (κ2) is 8.28. The molecule has 1 aromatic carbocycles. The second-order valence-electron chi connectivity index (χ2n) is 7.03. The SMILES string of the molecule is Cc1ccc(-c2cc(-c3ccc(F)cc3)nn2CCNC(=O)c2cn[nH]c2C)nc1. The number of amides is 1. The van der Waals surface area contributed by atoms with Gasteiger partial charge < -0.3 is 5.32 Å². The van der Waals surface area contributed by atoms with Gasteiger partial charge in [-0.3, -0.25) is 19.6 Å². The Balaban J connectivity index is 1.58. The van der Waals surface area contributed by atoms with E-state index in [1.54, 1.807) is 29.9 Å². The lowest BCUT2D eigenvalue weighted by atomic mass is 10.1. The Hall–Kier alpha value is -3.81. The molecule has 1 amide bonds. The van der Waals surface area contributed by atoms with E-state index in [0.717, 1.165) is 28.2 Å². The number of hydrogen-bond acceptors (Lipinski definition) is 4. The predicted octanol–water partition coefficient (Wildman–Crippen LogP) is 3.52. The molecule has 0 aliphatic heterocycles. The number of benzene rings is 1. The highest BCUT2D eigenvalue weighted by Gasteiger charge is 2.14. The minimum atomic E-state index is -0.296. The molecule has 0 atom stereocenters. The Bertz CT molecular complexity index is 1160. The molecule has 8 heteroatoms. The average molecular weight is 404 g/mol. The summed E-state index contributed by atoms with van der Waals surface area (Å²) < 4.78 is 15.1. The molecule has 0 bridgehead atoms. The largest absolute Gasteiger partial charge is 0.350 e. The van der Waals surface area contributed by atoms with Crippen LogP contribution in [0.4, 0.5) is 4.39 Å². The van der Waals surface area contributed by atoms with Crippen molar-refractivity contribution in [3.05, 3.63) is 77.5 Å². The van der Waals surface area contributed by atoms with Gasteiger partial charge in [-0.2, -0.15) is 10.2 Å². The van der Waals surface area contributed by atoms with Crippen molar-refractivity contribution in [2.24, 2.45) is 0 Å². The van der Waals surface area contributed by atoms with Gasteiger partial charge in [-0.05, 0) is 55.8 Å². The van der Waals surface area contributed by atoms with Gasteiger partial charge in [-0.15, -0.1) is 0 Å². The van der Waals surface area contributed by atoms with Crippen molar-refractivity contribution >= 4 is 5.91 Å². The number of halogens is 1. The molecule has 0 saturated heterocycles. The monoisotopic (exact) mass is 404 g/mol. The third-order valence-electron chi connectivity index (χ3n) is 4.78. The number of aromatic nitrogens is 5. The quantitative estimate of drug-likeness (QED) is 0.515. The van der Waals surface area contributed by atoms with E-state index in [-0.39, 0.29) is 11.7 Å². The summed E-state index contributed by atoms with van der Waals surface area (Å²) in [6, 6.07) is 12.0. The molecule has 0 fully saturated rings. The van der Waals surface area contributed by atoms with Crippen LogP contribution in [0.15, 0.2) is 54.9 Å². The third kappa shape index (κ3) is 4.12. The van der Waals surface area contributed by atoms with Crippen LogP contribution < -0.4 is 5.32 Å². The number of nitrogens with zero attached hydrogens (tertiary/aromatic N) is 4. The maximum absolute atomic E-state index is 13.3. The van der Waals surface area contributed by atoms with Gasteiger partial charge in [0, 0.05) is 24.0 Å². The summed E-state index contributed by atoms with van der Waals surface area (Å²) in [6.07, 6.45) is 3.31. The van der Waals surface area contributed by atoms with Crippen LogP contribution in [0.3, 0.4) is 0 Å². The zero-order valence-corrected chi connectivity index (χ0v) is 16.7. The number of nitrogens with one attached hydrogen (secondary N) is 2. The van der Waals surface area contributed by atoms with Crippen molar-refractivity contribution in [3.8, 4) is 22.6 Å². The van der Waals surface area contributed by atoms with E-state index in [9.17, 15) is 9.18 Å². The summed E-state index contributed by atoms with van der Waals surface area (Å²) >= 11 is 0. The topological polar surface area (TPSA) is 88.5 Å². The summed E-state index contributed by atoms with van der Waals surface area (Å²) in [5, 5.41) is 14.2. The molecule has 7 nitrogen and oxygen atoms in total. The lowest BCUT2D eigenvalue weighted by Crippen LogP contribution is -2.28. The van der Waals surface area contributed by atoms with Crippen molar-refractivity contribution in [1.29, 1.82) is 0 Å². The van der Waals surface area contributed by atoms with Gasteiger partial charge in [-0.25, -0.2) is 4.39 Å². The van der Waals surface area contributed by atoms with Crippen LogP contribution in [-0.4, -0.2) is 37.4 Å². The lowest BCUT2D eigenvalue weighted by molar-refractivity contribution is 0.0951. The van der Waals surface area contributed by atoms with Crippen molar-refractivity contribution in [2.75, 3.05) is 6.54 Å². The number of carbonyl (C=O) groups is 1. The van der Waals surface area contributed by atoms with Crippen molar-refractivity contribution in [1.82, 2.24) is 30.3 Å². The van der Waals surface area contributed by atoms with Crippen molar-refractivity contribution in [2.45, 2.75) is 20.4 Å². The van der Waals surface area contributed by atoms with Gasteiger partial charge in [0.2, 0.25) is 0 Å². The molecule has 3 heterocycles. The fraction of sp³-hybridized carbons (Fsp3) is 0.182. The van der Waals surface area contributed by atoms with E-state index >= 15 is 0 Å². The Morgan fingerprint density at radius 3 is 2.57 bits per heavy atom. The highest BCUT2D eigenvalue weighted by atomic mass is 19.1. The molecule has 152 valence electrons. The first-order valence-corrected chi connectivity index (χ1v) is 9.56. The van der Waals surface area contributed by atoms with Crippen LogP contribution in [0.25, 0.3) is 22.6 Å². The molecule has 0 aliphatic carbocycles. The van der Waals surface area contributed by atoms with Gasteiger partial charge in [0.15, 0.2) is 0 Å². The fourth-order valence-electron chi connectivity index (χ4n) is 3.12. The molecule has 0 saturated carbocycles. The molecule has 4 aromatic rings. The molecular formula is C22H21FN6O. The van der Waals surface area contributed by atoms with Gasteiger partial charge in [0.05, 0.1) is 35.4 Å². The number of H-pyrrole nitrogens is 1. The molecule has 30 heavy (non-hydrogen) atoms. The van der Waals surface area contributed by atoms with Gasteiger partial charge in [0.1, 0.15) is 5.82 Å². The summed E-state index contributed by atoms with van der Waals surface area (Å²) in [5.74, 6) is -0.488. The van der Waals surface area contributed by atoms with Gasteiger partial charge in [0.25, 0.3) is 5.91 Å². The third-order valence-corrected chi connectivity index (χ3v) is 4.78. The summed E-state index contributed by atoms with van der Waals surface area (Å²) in [5.41, 5.74) is 5.41. The molecule has 0 unspecified atom stereocenters. The first-order valence-electron chi connectivity index (χ1n) is 9.56. The van der Waals surface area contributed by atoms with E-state index in [1.807, 2.05) is 25.1 Å². The number of aryl methyl sites for hydroxylation is 2. The van der Waals surface area contributed by atoms with Crippen molar-refractivity contribution < 1.29 is 9.18 Å².